The molecule has 1 saturated heterocycles. The molecule has 1 fully saturated rings. The number of hydrogen-bond acceptors (Lipinski definition) is 5. The van der Waals surface area contributed by atoms with Gasteiger partial charge < -0.3 is 15.1 Å². The first-order chi connectivity index (χ1) is 12.2. The Bertz CT molecular complexity index is 780. The van der Waals surface area contributed by atoms with Crippen LogP contribution in [0, 0.1) is 0 Å². The fourth-order valence-electron chi connectivity index (χ4n) is 2.98. The van der Waals surface area contributed by atoms with Crippen LogP contribution in [0.4, 0.5) is 0 Å². The summed E-state index contributed by atoms with van der Waals surface area (Å²) in [6.07, 6.45) is -0.128. The number of likely N-dealkylation sites (tertiary alicyclic amines) is 1. The number of rotatable bonds is 6. The molecule has 1 heterocycles. The van der Waals surface area contributed by atoms with Crippen molar-refractivity contribution in [3.05, 3.63) is 29.8 Å². The Kier molecular flexibility index (Phi) is 6.05. The number of piperidine rings is 1. The summed E-state index contributed by atoms with van der Waals surface area (Å²) >= 11 is 0. The van der Waals surface area contributed by atoms with Crippen LogP contribution in [0.5, 0.6) is 0 Å². The van der Waals surface area contributed by atoms with Gasteiger partial charge in [0, 0.05) is 44.6 Å². The molecule has 144 valence electrons. The highest BCUT2D eigenvalue weighted by Gasteiger charge is 2.40. The second-order valence-electron chi connectivity index (χ2n) is 6.25. The van der Waals surface area contributed by atoms with Crippen LogP contribution in [-0.2, 0) is 14.8 Å². The van der Waals surface area contributed by atoms with Gasteiger partial charge in [-0.3, -0.25) is 4.79 Å². The molecule has 2 N–H and O–H groups in total. The minimum atomic E-state index is -3.67. The topological polar surface area (TPSA) is 115 Å². The van der Waals surface area contributed by atoms with Crippen molar-refractivity contribution < 1.29 is 28.2 Å². The highest BCUT2D eigenvalue weighted by molar-refractivity contribution is 7.89. The standard InChI is InChI=1S/C17H24N2O6S/c1-3-19(4-2)26(24,25)14-7-5-6-13(12-14)15(20)18-10-8-17(23,9-11-18)16(21)22/h5-7,12,23H,3-4,8-11H2,1-2H3,(H,21,22). The number of benzene rings is 1. The van der Waals surface area contributed by atoms with E-state index in [0.717, 1.165) is 0 Å². The van der Waals surface area contributed by atoms with E-state index in [-0.39, 0.29) is 42.3 Å². The molecule has 0 atom stereocenters. The molecule has 0 bridgehead atoms. The maximum Gasteiger partial charge on any atom is 0.335 e. The van der Waals surface area contributed by atoms with Gasteiger partial charge in [-0.25, -0.2) is 13.2 Å². The maximum atomic E-state index is 12.7. The zero-order chi connectivity index (χ0) is 19.5. The molecular weight excluding hydrogens is 360 g/mol. The summed E-state index contributed by atoms with van der Waals surface area (Å²) in [7, 11) is -3.67. The monoisotopic (exact) mass is 384 g/mol. The van der Waals surface area contributed by atoms with E-state index in [1.54, 1.807) is 13.8 Å². The number of aliphatic carboxylic acids is 1. The number of sulfonamides is 1. The third-order valence-corrected chi connectivity index (χ3v) is 6.75. The Morgan fingerprint density at radius 1 is 1.19 bits per heavy atom. The molecule has 0 saturated carbocycles. The first kappa shape index (κ1) is 20.3. The van der Waals surface area contributed by atoms with Crippen LogP contribution in [0.15, 0.2) is 29.2 Å². The molecular formula is C17H24N2O6S. The fraction of sp³-hybridized carbons (Fsp3) is 0.529. The van der Waals surface area contributed by atoms with Crippen molar-refractivity contribution in [3.8, 4) is 0 Å². The summed E-state index contributed by atoms with van der Waals surface area (Å²) in [4.78, 5) is 25.2. The fourth-order valence-corrected chi connectivity index (χ4v) is 4.48. The van der Waals surface area contributed by atoms with Gasteiger partial charge in [-0.15, -0.1) is 0 Å². The van der Waals surface area contributed by atoms with E-state index in [9.17, 15) is 23.1 Å². The molecule has 1 aliphatic rings. The van der Waals surface area contributed by atoms with Crippen molar-refractivity contribution in [2.24, 2.45) is 0 Å². The third-order valence-electron chi connectivity index (χ3n) is 4.70. The number of carboxylic acids is 1. The van der Waals surface area contributed by atoms with Crippen molar-refractivity contribution >= 4 is 21.9 Å². The lowest BCUT2D eigenvalue weighted by Gasteiger charge is -2.35. The summed E-state index contributed by atoms with van der Waals surface area (Å²) in [5.74, 6) is -1.68. The van der Waals surface area contributed by atoms with Crippen LogP contribution in [0.3, 0.4) is 0 Å². The lowest BCUT2D eigenvalue weighted by Crippen LogP contribution is -2.50. The van der Waals surface area contributed by atoms with Crippen molar-refractivity contribution in [3.63, 3.8) is 0 Å². The van der Waals surface area contributed by atoms with Gasteiger partial charge in [0.2, 0.25) is 10.0 Å². The number of amides is 1. The molecule has 1 amide bonds. The second kappa shape index (κ2) is 7.73. The predicted octanol–water partition coefficient (Wildman–Crippen LogP) is 0.769. The largest absolute Gasteiger partial charge is 0.479 e. The van der Waals surface area contributed by atoms with E-state index in [2.05, 4.69) is 0 Å². The lowest BCUT2D eigenvalue weighted by atomic mass is 9.91. The third kappa shape index (κ3) is 3.89. The van der Waals surface area contributed by atoms with Crippen LogP contribution in [0.2, 0.25) is 0 Å². The van der Waals surface area contributed by atoms with E-state index >= 15 is 0 Å². The molecule has 2 rings (SSSR count). The van der Waals surface area contributed by atoms with Crippen LogP contribution in [0.1, 0.15) is 37.0 Å². The zero-order valence-corrected chi connectivity index (χ0v) is 15.7. The summed E-state index contributed by atoms with van der Waals surface area (Å²) < 4.78 is 26.5. The highest BCUT2D eigenvalue weighted by atomic mass is 32.2. The number of carboxylic acid groups (broad SMARTS) is 1. The number of carbonyl (C=O) groups excluding carboxylic acids is 1. The van der Waals surface area contributed by atoms with Gasteiger partial charge in [0.05, 0.1) is 4.90 Å². The molecule has 0 spiro atoms. The SMILES string of the molecule is CCN(CC)S(=O)(=O)c1cccc(C(=O)N2CCC(O)(C(=O)O)CC2)c1. The maximum absolute atomic E-state index is 12.7. The lowest BCUT2D eigenvalue weighted by molar-refractivity contribution is -0.162. The van der Waals surface area contributed by atoms with E-state index < -0.39 is 21.6 Å². The summed E-state index contributed by atoms with van der Waals surface area (Å²) in [5, 5.41) is 19.0. The Hall–Kier alpha value is -1.97. The number of carbonyl (C=O) groups is 2. The van der Waals surface area contributed by atoms with E-state index in [4.69, 9.17) is 5.11 Å². The molecule has 0 radical (unpaired) electrons. The Morgan fingerprint density at radius 3 is 2.27 bits per heavy atom. The van der Waals surface area contributed by atoms with Crippen molar-refractivity contribution in [2.45, 2.75) is 37.2 Å². The first-order valence-electron chi connectivity index (χ1n) is 8.51. The van der Waals surface area contributed by atoms with E-state index in [0.29, 0.717) is 13.1 Å². The van der Waals surface area contributed by atoms with Gasteiger partial charge in [-0.2, -0.15) is 4.31 Å². The van der Waals surface area contributed by atoms with Crippen LogP contribution < -0.4 is 0 Å². The Balaban J connectivity index is 2.21. The molecule has 1 aromatic rings. The van der Waals surface area contributed by atoms with Crippen LogP contribution >= 0.6 is 0 Å². The summed E-state index contributed by atoms with van der Waals surface area (Å²) in [6.45, 7) is 4.33. The zero-order valence-electron chi connectivity index (χ0n) is 14.9. The molecule has 9 heteroatoms. The minimum Gasteiger partial charge on any atom is -0.479 e. The Morgan fingerprint density at radius 2 is 1.77 bits per heavy atom. The van der Waals surface area contributed by atoms with Crippen LogP contribution in [-0.4, -0.2) is 71.5 Å². The van der Waals surface area contributed by atoms with Crippen LogP contribution in [0.25, 0.3) is 0 Å². The average molecular weight is 384 g/mol. The predicted molar refractivity (Wildman–Crippen MR) is 94.3 cm³/mol. The molecule has 26 heavy (non-hydrogen) atoms. The highest BCUT2D eigenvalue weighted by Crippen LogP contribution is 2.24. The Labute approximate surface area is 153 Å². The normalized spacial score (nSPS) is 17.3. The molecule has 8 nitrogen and oxygen atoms in total. The van der Waals surface area contributed by atoms with E-state index in [1.165, 1.54) is 33.5 Å². The quantitative estimate of drug-likeness (QED) is 0.748. The van der Waals surface area contributed by atoms with Crippen molar-refractivity contribution in [2.75, 3.05) is 26.2 Å². The van der Waals surface area contributed by atoms with Gasteiger partial charge in [0.1, 0.15) is 0 Å². The van der Waals surface area contributed by atoms with Gasteiger partial charge >= 0.3 is 5.97 Å². The number of nitrogens with zero attached hydrogens (tertiary/aromatic N) is 2. The van der Waals surface area contributed by atoms with Crippen molar-refractivity contribution in [1.82, 2.24) is 9.21 Å². The molecule has 1 aliphatic heterocycles. The van der Waals surface area contributed by atoms with Gasteiger partial charge in [0.25, 0.3) is 5.91 Å². The average Bonchev–Trinajstić information content (AvgIpc) is 2.62. The van der Waals surface area contributed by atoms with Gasteiger partial charge in [-0.1, -0.05) is 19.9 Å². The molecule has 1 aromatic carbocycles. The van der Waals surface area contributed by atoms with Gasteiger partial charge in [0.15, 0.2) is 5.60 Å². The summed E-state index contributed by atoms with van der Waals surface area (Å²) in [6, 6.07) is 5.83. The number of hydrogen-bond donors (Lipinski definition) is 2. The minimum absolute atomic E-state index is 0.0473. The number of aliphatic hydroxyl groups is 1. The molecule has 0 unspecified atom stereocenters. The van der Waals surface area contributed by atoms with Gasteiger partial charge in [-0.05, 0) is 18.2 Å². The second-order valence-corrected chi connectivity index (χ2v) is 8.18. The van der Waals surface area contributed by atoms with Crippen molar-refractivity contribution in [1.29, 1.82) is 0 Å². The first-order valence-corrected chi connectivity index (χ1v) is 9.95. The molecule has 0 aromatic heterocycles. The van der Waals surface area contributed by atoms with E-state index in [1.807, 2.05) is 0 Å². The summed E-state index contributed by atoms with van der Waals surface area (Å²) in [5.41, 5.74) is -1.59. The molecule has 0 aliphatic carbocycles. The smallest absolute Gasteiger partial charge is 0.335 e.